The number of anilines is 3. The predicted molar refractivity (Wildman–Crippen MR) is 123 cm³/mol. The maximum Gasteiger partial charge on any atom is 0.255 e. The fourth-order valence-corrected chi connectivity index (χ4v) is 3.07. The maximum atomic E-state index is 12.6. The molecule has 0 spiro atoms. The van der Waals surface area contributed by atoms with Gasteiger partial charge >= 0.3 is 0 Å². The number of carbonyl (C=O) groups excluding carboxylic acids is 1. The molecule has 31 heavy (non-hydrogen) atoms. The molecule has 0 saturated carbocycles. The van der Waals surface area contributed by atoms with Crippen LogP contribution in [-0.4, -0.2) is 23.0 Å². The lowest BCUT2D eigenvalue weighted by Gasteiger charge is -2.11. The second kappa shape index (κ2) is 9.09. The summed E-state index contributed by atoms with van der Waals surface area (Å²) in [4.78, 5) is 21.5. The Kier molecular flexibility index (Phi) is 5.89. The topological polar surface area (TPSA) is 76.1 Å². The zero-order valence-electron chi connectivity index (χ0n) is 17.3. The number of para-hydroxylation sites is 2. The highest BCUT2D eigenvalue weighted by atomic mass is 16.5. The summed E-state index contributed by atoms with van der Waals surface area (Å²) in [6.45, 7) is 2.04. The normalized spacial score (nSPS) is 10.4. The molecule has 1 amide bonds. The lowest BCUT2D eigenvalue weighted by Crippen LogP contribution is -2.12. The Hall–Kier alpha value is -4.19. The number of aromatic nitrogens is 2. The van der Waals surface area contributed by atoms with Crippen molar-refractivity contribution in [2.24, 2.45) is 0 Å². The number of nitrogens with zero attached hydrogens (tertiary/aromatic N) is 2. The van der Waals surface area contributed by atoms with Gasteiger partial charge in [-0.1, -0.05) is 42.0 Å². The van der Waals surface area contributed by atoms with Gasteiger partial charge in [-0.15, -0.1) is 0 Å². The van der Waals surface area contributed by atoms with Gasteiger partial charge in [-0.2, -0.15) is 0 Å². The third-order valence-corrected chi connectivity index (χ3v) is 4.74. The summed E-state index contributed by atoms with van der Waals surface area (Å²) in [5, 5.41) is 6.13. The zero-order valence-corrected chi connectivity index (χ0v) is 17.3. The molecule has 4 rings (SSSR count). The number of nitrogens with one attached hydrogen (secondary N) is 2. The lowest BCUT2D eigenvalue weighted by molar-refractivity contribution is 0.102. The van der Waals surface area contributed by atoms with Crippen LogP contribution in [0.1, 0.15) is 15.9 Å². The lowest BCUT2D eigenvalue weighted by atomic mass is 10.1. The Morgan fingerprint density at radius 1 is 0.903 bits per heavy atom. The molecule has 1 aromatic heterocycles. The fraction of sp³-hybridized carbons (Fsp3) is 0.0800. The van der Waals surface area contributed by atoms with Crippen LogP contribution in [0.4, 0.5) is 17.2 Å². The zero-order chi connectivity index (χ0) is 21.6. The molecule has 1 heterocycles. The monoisotopic (exact) mass is 410 g/mol. The largest absolute Gasteiger partial charge is 0.495 e. The van der Waals surface area contributed by atoms with Crippen molar-refractivity contribution in [2.45, 2.75) is 6.92 Å². The van der Waals surface area contributed by atoms with Crippen LogP contribution in [0.2, 0.25) is 0 Å². The molecule has 6 nitrogen and oxygen atoms in total. The first-order valence-electron chi connectivity index (χ1n) is 9.84. The highest BCUT2D eigenvalue weighted by Crippen LogP contribution is 2.24. The van der Waals surface area contributed by atoms with Gasteiger partial charge < -0.3 is 15.4 Å². The standard InChI is InChI=1S/C25H22N4O2/c1-17-7-9-18(10-8-17)24-26-16-15-23(29-24)27-20-13-11-19(12-14-20)25(30)28-21-5-3-4-6-22(21)31-2/h3-16H,1-2H3,(H,28,30)(H,26,27,29). The summed E-state index contributed by atoms with van der Waals surface area (Å²) in [7, 11) is 1.57. The van der Waals surface area contributed by atoms with Crippen molar-refractivity contribution in [3.63, 3.8) is 0 Å². The van der Waals surface area contributed by atoms with Gasteiger partial charge in [0.15, 0.2) is 5.82 Å². The van der Waals surface area contributed by atoms with E-state index < -0.39 is 0 Å². The molecule has 2 N–H and O–H groups in total. The number of rotatable bonds is 6. The molecule has 0 bridgehead atoms. The Morgan fingerprint density at radius 2 is 1.65 bits per heavy atom. The minimum absolute atomic E-state index is 0.209. The summed E-state index contributed by atoms with van der Waals surface area (Å²) in [5.41, 5.74) is 4.13. The van der Waals surface area contributed by atoms with Crippen molar-refractivity contribution < 1.29 is 9.53 Å². The molecule has 3 aromatic carbocycles. The molecule has 0 saturated heterocycles. The van der Waals surface area contributed by atoms with E-state index in [9.17, 15) is 4.79 Å². The molecule has 0 aliphatic rings. The number of amides is 1. The fourth-order valence-electron chi connectivity index (χ4n) is 3.07. The molecule has 154 valence electrons. The Labute approximate surface area is 181 Å². The van der Waals surface area contributed by atoms with Gasteiger partial charge in [0.25, 0.3) is 5.91 Å². The second-order valence-electron chi connectivity index (χ2n) is 6.99. The minimum Gasteiger partial charge on any atom is -0.495 e. The quantitative estimate of drug-likeness (QED) is 0.442. The van der Waals surface area contributed by atoms with Gasteiger partial charge in [-0.25, -0.2) is 9.97 Å². The Balaban J connectivity index is 1.46. The summed E-state index contributed by atoms with van der Waals surface area (Å²) < 4.78 is 5.28. The molecule has 0 aliphatic heterocycles. The smallest absolute Gasteiger partial charge is 0.255 e. The summed E-state index contributed by atoms with van der Waals surface area (Å²) in [5.74, 6) is 1.73. The van der Waals surface area contributed by atoms with E-state index in [1.54, 1.807) is 43.6 Å². The Morgan fingerprint density at radius 3 is 2.39 bits per heavy atom. The van der Waals surface area contributed by atoms with Crippen LogP contribution in [0.25, 0.3) is 11.4 Å². The van der Waals surface area contributed by atoms with E-state index in [0.29, 0.717) is 28.6 Å². The van der Waals surface area contributed by atoms with Crippen LogP contribution < -0.4 is 15.4 Å². The molecule has 0 unspecified atom stereocenters. The van der Waals surface area contributed by atoms with Crippen molar-refractivity contribution >= 4 is 23.1 Å². The number of hydrogen-bond donors (Lipinski definition) is 2. The molecule has 0 aliphatic carbocycles. The molecular weight excluding hydrogens is 388 g/mol. The summed E-state index contributed by atoms with van der Waals surface area (Å²) >= 11 is 0. The van der Waals surface area contributed by atoms with Crippen molar-refractivity contribution in [3.05, 3.63) is 96.2 Å². The van der Waals surface area contributed by atoms with Gasteiger partial charge in [0.2, 0.25) is 0 Å². The van der Waals surface area contributed by atoms with E-state index in [1.807, 2.05) is 55.5 Å². The SMILES string of the molecule is COc1ccccc1NC(=O)c1ccc(Nc2ccnc(-c3ccc(C)cc3)n2)cc1. The number of hydrogen-bond acceptors (Lipinski definition) is 5. The van der Waals surface area contributed by atoms with Gasteiger partial charge in [0, 0.05) is 23.0 Å². The molecular formula is C25H22N4O2. The van der Waals surface area contributed by atoms with Gasteiger partial charge in [-0.3, -0.25) is 4.79 Å². The van der Waals surface area contributed by atoms with E-state index in [1.165, 1.54) is 5.56 Å². The maximum absolute atomic E-state index is 12.6. The summed E-state index contributed by atoms with van der Waals surface area (Å²) in [6, 6.07) is 24.4. The second-order valence-corrected chi connectivity index (χ2v) is 6.99. The van der Waals surface area contributed by atoms with Crippen LogP contribution in [0.3, 0.4) is 0 Å². The van der Waals surface area contributed by atoms with Crippen molar-refractivity contribution in [1.82, 2.24) is 9.97 Å². The van der Waals surface area contributed by atoms with Crippen molar-refractivity contribution in [3.8, 4) is 17.1 Å². The predicted octanol–water partition coefficient (Wildman–Crippen LogP) is 5.46. The van der Waals surface area contributed by atoms with Crippen LogP contribution in [0, 0.1) is 6.92 Å². The van der Waals surface area contributed by atoms with Crippen LogP contribution >= 0.6 is 0 Å². The number of aryl methyl sites for hydroxylation is 1. The Bertz CT molecular complexity index is 1190. The molecule has 0 atom stereocenters. The van der Waals surface area contributed by atoms with E-state index in [4.69, 9.17) is 4.74 Å². The first kappa shape index (κ1) is 20.1. The van der Waals surface area contributed by atoms with Crippen molar-refractivity contribution in [2.75, 3.05) is 17.7 Å². The third-order valence-electron chi connectivity index (χ3n) is 4.74. The molecule has 0 radical (unpaired) electrons. The molecule has 6 heteroatoms. The number of benzene rings is 3. The van der Waals surface area contributed by atoms with Crippen LogP contribution in [0.15, 0.2) is 85.1 Å². The number of methoxy groups -OCH3 is 1. The first-order valence-corrected chi connectivity index (χ1v) is 9.84. The van der Waals surface area contributed by atoms with Crippen LogP contribution in [-0.2, 0) is 0 Å². The average Bonchev–Trinajstić information content (AvgIpc) is 2.80. The third kappa shape index (κ3) is 4.87. The van der Waals surface area contributed by atoms with E-state index in [0.717, 1.165) is 11.3 Å². The number of ether oxygens (including phenoxy) is 1. The minimum atomic E-state index is -0.209. The highest BCUT2D eigenvalue weighted by Gasteiger charge is 2.10. The average molecular weight is 410 g/mol. The van der Waals surface area contributed by atoms with Gasteiger partial charge in [0.05, 0.1) is 12.8 Å². The molecule has 0 fully saturated rings. The van der Waals surface area contributed by atoms with Crippen LogP contribution in [0.5, 0.6) is 5.75 Å². The van der Waals surface area contributed by atoms with E-state index in [2.05, 4.69) is 20.6 Å². The summed E-state index contributed by atoms with van der Waals surface area (Å²) in [6.07, 6.45) is 1.72. The highest BCUT2D eigenvalue weighted by molar-refractivity contribution is 6.05. The van der Waals surface area contributed by atoms with E-state index in [-0.39, 0.29) is 5.91 Å². The number of carbonyl (C=O) groups is 1. The van der Waals surface area contributed by atoms with Crippen molar-refractivity contribution in [1.29, 1.82) is 0 Å². The molecule has 4 aromatic rings. The van der Waals surface area contributed by atoms with E-state index >= 15 is 0 Å². The van der Waals surface area contributed by atoms with Gasteiger partial charge in [-0.05, 0) is 49.4 Å². The van der Waals surface area contributed by atoms with Gasteiger partial charge in [0.1, 0.15) is 11.6 Å². The first-order chi connectivity index (χ1) is 15.1.